The van der Waals surface area contributed by atoms with Crippen molar-refractivity contribution >= 4 is 5.78 Å². The molecule has 0 aromatic heterocycles. The fraction of sp³-hybridized carbons (Fsp3) is 0.900. The van der Waals surface area contributed by atoms with Crippen LogP contribution in [0, 0.1) is 0 Å². The Morgan fingerprint density at radius 2 is 1.67 bits per heavy atom. The number of aliphatic hydroxyl groups is 1. The summed E-state index contributed by atoms with van der Waals surface area (Å²) in [6, 6.07) is 0. The van der Waals surface area contributed by atoms with Crippen molar-refractivity contribution in [1.82, 2.24) is 0 Å². The molecule has 0 unspecified atom stereocenters. The molecule has 0 radical (unpaired) electrons. The molecule has 0 aromatic rings. The summed E-state index contributed by atoms with van der Waals surface area (Å²) in [6.07, 6.45) is 3.66. The first-order valence-electron chi connectivity index (χ1n) is 4.76. The van der Waals surface area contributed by atoms with Gasteiger partial charge in [-0.25, -0.2) is 0 Å². The van der Waals surface area contributed by atoms with Gasteiger partial charge in [-0.15, -0.1) is 0 Å². The first kappa shape index (κ1) is 11.6. The number of hydrogen-bond donors (Lipinski definition) is 1. The van der Waals surface area contributed by atoms with Crippen LogP contribution in [0.4, 0.5) is 0 Å². The van der Waals surface area contributed by atoms with Crippen LogP contribution in [0.25, 0.3) is 0 Å². The van der Waals surface area contributed by atoms with Gasteiger partial charge in [-0.1, -0.05) is 26.7 Å². The Kier molecular flexibility index (Phi) is 5.14. The zero-order valence-electron chi connectivity index (χ0n) is 8.39. The molecular weight excluding hydrogens is 152 g/mol. The van der Waals surface area contributed by atoms with E-state index in [2.05, 4.69) is 0 Å². The van der Waals surface area contributed by atoms with Crippen LogP contribution in [-0.4, -0.2) is 16.5 Å². The monoisotopic (exact) mass is 172 g/mol. The molecule has 0 bridgehead atoms. The number of rotatable bonds is 6. The highest BCUT2D eigenvalue weighted by atomic mass is 16.3. The summed E-state index contributed by atoms with van der Waals surface area (Å²) in [5.74, 6) is 0.0828. The maximum Gasteiger partial charge on any atom is 0.132 e. The lowest BCUT2D eigenvalue weighted by molar-refractivity contribution is -0.122. The molecular formula is C10H20O2. The fourth-order valence-electron chi connectivity index (χ4n) is 1.70. The van der Waals surface area contributed by atoms with E-state index in [1.165, 1.54) is 6.92 Å². The van der Waals surface area contributed by atoms with Gasteiger partial charge in [0.15, 0.2) is 0 Å². The maximum atomic E-state index is 10.8. The van der Waals surface area contributed by atoms with Crippen molar-refractivity contribution in [2.45, 2.75) is 58.5 Å². The molecule has 2 heteroatoms. The Hall–Kier alpha value is -0.370. The van der Waals surface area contributed by atoms with E-state index in [-0.39, 0.29) is 5.78 Å². The zero-order valence-corrected chi connectivity index (χ0v) is 8.39. The molecule has 0 aliphatic rings. The van der Waals surface area contributed by atoms with E-state index in [0.29, 0.717) is 6.42 Å². The van der Waals surface area contributed by atoms with Crippen molar-refractivity contribution in [3.05, 3.63) is 0 Å². The molecule has 0 heterocycles. The summed E-state index contributed by atoms with van der Waals surface area (Å²) in [5.41, 5.74) is -0.727. The van der Waals surface area contributed by atoms with Gasteiger partial charge in [0.25, 0.3) is 0 Å². The van der Waals surface area contributed by atoms with Crippen molar-refractivity contribution in [3.8, 4) is 0 Å². The van der Waals surface area contributed by atoms with Crippen LogP contribution in [0.2, 0.25) is 0 Å². The van der Waals surface area contributed by atoms with E-state index in [4.69, 9.17) is 0 Å². The summed E-state index contributed by atoms with van der Waals surface area (Å²) < 4.78 is 0. The predicted molar refractivity (Wildman–Crippen MR) is 50.1 cm³/mol. The summed E-state index contributed by atoms with van der Waals surface area (Å²) in [4.78, 5) is 10.8. The summed E-state index contributed by atoms with van der Waals surface area (Å²) in [6.45, 7) is 5.60. The molecule has 12 heavy (non-hydrogen) atoms. The highest BCUT2D eigenvalue weighted by molar-refractivity contribution is 5.76. The average Bonchev–Trinajstić information content (AvgIpc) is 1.85. The first-order chi connectivity index (χ1) is 5.54. The highest BCUT2D eigenvalue weighted by Crippen LogP contribution is 2.23. The van der Waals surface area contributed by atoms with Gasteiger partial charge >= 0.3 is 0 Å². The first-order valence-corrected chi connectivity index (χ1v) is 4.76. The Morgan fingerprint density at radius 1 is 1.25 bits per heavy atom. The van der Waals surface area contributed by atoms with Crippen molar-refractivity contribution < 1.29 is 9.90 Å². The van der Waals surface area contributed by atoms with E-state index in [0.717, 1.165) is 25.7 Å². The van der Waals surface area contributed by atoms with Gasteiger partial charge in [-0.2, -0.15) is 0 Å². The molecule has 1 N–H and O–H groups in total. The lowest BCUT2D eigenvalue weighted by atomic mass is 9.88. The van der Waals surface area contributed by atoms with Crippen LogP contribution in [0.15, 0.2) is 0 Å². The molecule has 0 spiro atoms. The Balaban J connectivity index is 4.07. The van der Waals surface area contributed by atoms with Gasteiger partial charge < -0.3 is 5.11 Å². The Labute approximate surface area is 75.0 Å². The molecule has 0 rings (SSSR count). The minimum absolute atomic E-state index is 0.0828. The maximum absolute atomic E-state index is 10.8. The number of carbonyl (C=O) groups is 1. The van der Waals surface area contributed by atoms with Crippen molar-refractivity contribution in [2.24, 2.45) is 0 Å². The van der Waals surface area contributed by atoms with Crippen LogP contribution in [0.3, 0.4) is 0 Å². The largest absolute Gasteiger partial charge is 0.389 e. The fourth-order valence-corrected chi connectivity index (χ4v) is 1.70. The normalized spacial score (nSPS) is 11.7. The summed E-state index contributed by atoms with van der Waals surface area (Å²) in [7, 11) is 0. The molecule has 0 saturated heterocycles. The lowest BCUT2D eigenvalue weighted by Crippen LogP contribution is -2.30. The van der Waals surface area contributed by atoms with Gasteiger partial charge in [-0.05, 0) is 19.8 Å². The van der Waals surface area contributed by atoms with E-state index in [1.807, 2.05) is 13.8 Å². The molecule has 0 aliphatic heterocycles. The molecule has 72 valence electrons. The third-order valence-corrected chi connectivity index (χ3v) is 2.01. The van der Waals surface area contributed by atoms with Gasteiger partial charge in [0.2, 0.25) is 0 Å². The topological polar surface area (TPSA) is 37.3 Å². The van der Waals surface area contributed by atoms with Gasteiger partial charge in [-0.3, -0.25) is 4.79 Å². The molecule has 0 aliphatic carbocycles. The number of ketones is 1. The smallest absolute Gasteiger partial charge is 0.132 e. The minimum Gasteiger partial charge on any atom is -0.389 e. The molecule has 0 atom stereocenters. The average molecular weight is 172 g/mol. The van der Waals surface area contributed by atoms with Crippen LogP contribution < -0.4 is 0 Å². The van der Waals surface area contributed by atoms with E-state index in [1.54, 1.807) is 0 Å². The number of hydrogen-bond acceptors (Lipinski definition) is 2. The van der Waals surface area contributed by atoms with E-state index in [9.17, 15) is 9.90 Å². The van der Waals surface area contributed by atoms with Crippen LogP contribution in [0.1, 0.15) is 52.9 Å². The van der Waals surface area contributed by atoms with Crippen molar-refractivity contribution in [1.29, 1.82) is 0 Å². The van der Waals surface area contributed by atoms with Crippen LogP contribution in [-0.2, 0) is 4.79 Å². The quantitative estimate of drug-likeness (QED) is 0.667. The molecule has 2 nitrogen and oxygen atoms in total. The standard InChI is InChI=1S/C10H20O2/c1-4-6-10(12,7-5-2)8-9(3)11/h12H,4-8H2,1-3H3. The molecule has 0 fully saturated rings. The van der Waals surface area contributed by atoms with Crippen LogP contribution >= 0.6 is 0 Å². The van der Waals surface area contributed by atoms with E-state index < -0.39 is 5.60 Å². The summed E-state index contributed by atoms with van der Waals surface area (Å²) in [5, 5.41) is 9.96. The number of Topliss-reactive ketones (excluding diaryl/α,β-unsaturated/α-hetero) is 1. The predicted octanol–water partition coefficient (Wildman–Crippen LogP) is 2.30. The summed E-state index contributed by atoms with van der Waals surface area (Å²) >= 11 is 0. The second-order valence-corrected chi connectivity index (χ2v) is 3.60. The van der Waals surface area contributed by atoms with Gasteiger partial charge in [0.1, 0.15) is 5.78 Å². The SMILES string of the molecule is CCCC(O)(CCC)CC(C)=O. The zero-order chi connectivity index (χ0) is 9.61. The number of carbonyl (C=O) groups excluding carboxylic acids is 1. The van der Waals surface area contributed by atoms with Crippen molar-refractivity contribution in [3.63, 3.8) is 0 Å². The third-order valence-electron chi connectivity index (χ3n) is 2.01. The Bertz CT molecular complexity index is 135. The van der Waals surface area contributed by atoms with Gasteiger partial charge in [0.05, 0.1) is 5.60 Å². The Morgan fingerprint density at radius 3 is 1.92 bits per heavy atom. The van der Waals surface area contributed by atoms with Crippen molar-refractivity contribution in [2.75, 3.05) is 0 Å². The molecule has 0 aromatic carbocycles. The van der Waals surface area contributed by atoms with E-state index >= 15 is 0 Å². The third kappa shape index (κ3) is 4.50. The highest BCUT2D eigenvalue weighted by Gasteiger charge is 2.26. The molecule has 0 amide bonds. The lowest BCUT2D eigenvalue weighted by Gasteiger charge is -2.26. The second kappa shape index (κ2) is 5.31. The minimum atomic E-state index is -0.727. The van der Waals surface area contributed by atoms with Crippen LogP contribution in [0.5, 0.6) is 0 Å². The van der Waals surface area contributed by atoms with Gasteiger partial charge in [0, 0.05) is 6.42 Å². The molecule has 0 saturated carbocycles. The second-order valence-electron chi connectivity index (χ2n) is 3.60.